The molecule has 0 amide bonds. The molecule has 1 atom stereocenters. The van der Waals surface area contributed by atoms with Crippen LogP contribution in [0, 0.1) is 0 Å². The van der Waals surface area contributed by atoms with E-state index in [0.29, 0.717) is 19.8 Å². The van der Waals surface area contributed by atoms with Gasteiger partial charge in [-0.15, -0.1) is 0 Å². The molecule has 0 heterocycles. The van der Waals surface area contributed by atoms with Gasteiger partial charge in [0.2, 0.25) is 0 Å². The maximum atomic E-state index is 11.7. The highest BCUT2D eigenvalue weighted by molar-refractivity contribution is 5.77. The number of aliphatic hydroxyl groups is 1. The summed E-state index contributed by atoms with van der Waals surface area (Å²) >= 11 is 0. The van der Waals surface area contributed by atoms with E-state index in [4.69, 9.17) is 14.6 Å². The molecule has 1 rings (SSSR count). The van der Waals surface area contributed by atoms with Crippen LogP contribution in [0.1, 0.15) is 11.6 Å². The van der Waals surface area contributed by atoms with Crippen LogP contribution in [0.4, 0.5) is 0 Å². The largest absolute Gasteiger partial charge is 0.468 e. The van der Waals surface area contributed by atoms with Crippen molar-refractivity contribution in [3.05, 3.63) is 35.9 Å². The summed E-state index contributed by atoms with van der Waals surface area (Å²) in [5, 5.41) is 11.6. The number of ether oxygens (including phenoxy) is 2. The summed E-state index contributed by atoms with van der Waals surface area (Å²) in [4.78, 5) is 11.7. The van der Waals surface area contributed by atoms with Crippen LogP contribution in [-0.4, -0.2) is 44.6 Å². The molecule has 1 aromatic carbocycles. The monoisotopic (exact) mass is 253 g/mol. The van der Waals surface area contributed by atoms with E-state index in [-0.39, 0.29) is 12.6 Å². The Morgan fingerprint density at radius 2 is 2.06 bits per heavy atom. The number of esters is 1. The van der Waals surface area contributed by atoms with Gasteiger partial charge in [-0.2, -0.15) is 0 Å². The van der Waals surface area contributed by atoms with E-state index >= 15 is 0 Å². The molecule has 18 heavy (non-hydrogen) atoms. The summed E-state index contributed by atoms with van der Waals surface area (Å²) in [7, 11) is 1.36. The van der Waals surface area contributed by atoms with E-state index in [1.807, 2.05) is 30.3 Å². The van der Waals surface area contributed by atoms with E-state index in [1.54, 1.807) is 0 Å². The summed E-state index contributed by atoms with van der Waals surface area (Å²) in [5.41, 5.74) is 0.853. The van der Waals surface area contributed by atoms with Crippen LogP contribution in [-0.2, 0) is 14.3 Å². The summed E-state index contributed by atoms with van der Waals surface area (Å²) < 4.78 is 9.88. The van der Waals surface area contributed by atoms with Crippen molar-refractivity contribution in [1.82, 2.24) is 5.32 Å². The molecule has 2 N–H and O–H groups in total. The van der Waals surface area contributed by atoms with Gasteiger partial charge in [0.1, 0.15) is 6.04 Å². The third-order valence-corrected chi connectivity index (χ3v) is 2.40. The molecule has 5 heteroatoms. The molecule has 0 radical (unpaired) electrons. The predicted molar refractivity (Wildman–Crippen MR) is 67.1 cm³/mol. The van der Waals surface area contributed by atoms with Gasteiger partial charge >= 0.3 is 5.97 Å². The first-order valence-electron chi connectivity index (χ1n) is 5.84. The molecule has 5 nitrogen and oxygen atoms in total. The zero-order chi connectivity index (χ0) is 13.2. The van der Waals surface area contributed by atoms with Crippen molar-refractivity contribution in [1.29, 1.82) is 0 Å². The number of methoxy groups -OCH3 is 1. The Hall–Kier alpha value is -1.43. The fourth-order valence-electron chi connectivity index (χ4n) is 1.54. The van der Waals surface area contributed by atoms with Crippen LogP contribution in [0.3, 0.4) is 0 Å². The summed E-state index contributed by atoms with van der Waals surface area (Å²) in [6.45, 7) is 1.24. The van der Waals surface area contributed by atoms with Crippen molar-refractivity contribution < 1.29 is 19.4 Å². The second-order valence-corrected chi connectivity index (χ2v) is 3.66. The average Bonchev–Trinajstić information content (AvgIpc) is 2.43. The molecule has 0 aromatic heterocycles. The maximum Gasteiger partial charge on any atom is 0.327 e. The van der Waals surface area contributed by atoms with Crippen LogP contribution in [0.15, 0.2) is 30.3 Å². The van der Waals surface area contributed by atoms with Crippen molar-refractivity contribution in [2.75, 3.05) is 33.5 Å². The highest BCUT2D eigenvalue weighted by Crippen LogP contribution is 2.13. The molecular weight excluding hydrogens is 234 g/mol. The minimum absolute atomic E-state index is 0.000877. The standard InChI is InChI=1S/C13H19NO4/c1-17-13(16)12(11-5-3-2-4-6-11)14-7-9-18-10-8-15/h2-6,12,14-15H,7-10H2,1H3. The third-order valence-electron chi connectivity index (χ3n) is 2.40. The molecule has 1 unspecified atom stereocenters. The first-order chi connectivity index (χ1) is 8.79. The number of benzene rings is 1. The summed E-state index contributed by atoms with van der Waals surface area (Å²) in [6.07, 6.45) is 0. The number of hydrogen-bond donors (Lipinski definition) is 2. The Kier molecular flexibility index (Phi) is 7.01. The molecule has 1 aromatic rings. The van der Waals surface area contributed by atoms with Crippen molar-refractivity contribution in [3.63, 3.8) is 0 Å². The van der Waals surface area contributed by atoms with Crippen LogP contribution < -0.4 is 5.32 Å². The van der Waals surface area contributed by atoms with E-state index in [0.717, 1.165) is 5.56 Å². The second kappa shape index (κ2) is 8.63. The number of hydrogen-bond acceptors (Lipinski definition) is 5. The topological polar surface area (TPSA) is 67.8 Å². The third kappa shape index (κ3) is 4.83. The van der Waals surface area contributed by atoms with Crippen molar-refractivity contribution >= 4 is 5.97 Å². The smallest absolute Gasteiger partial charge is 0.327 e. The molecular formula is C13H19NO4. The molecule has 0 fully saturated rings. The fraction of sp³-hybridized carbons (Fsp3) is 0.462. The lowest BCUT2D eigenvalue weighted by atomic mass is 10.1. The normalized spacial score (nSPS) is 12.1. The molecule has 0 spiro atoms. The first-order valence-corrected chi connectivity index (χ1v) is 5.84. The van der Waals surface area contributed by atoms with Gasteiger partial charge in [-0.05, 0) is 5.56 Å². The number of rotatable bonds is 8. The van der Waals surface area contributed by atoms with E-state index in [2.05, 4.69) is 5.32 Å². The molecule has 100 valence electrons. The zero-order valence-electron chi connectivity index (χ0n) is 10.5. The number of carbonyl (C=O) groups is 1. The van der Waals surface area contributed by atoms with Crippen molar-refractivity contribution in [3.8, 4) is 0 Å². The molecule has 0 aliphatic heterocycles. The van der Waals surface area contributed by atoms with Crippen LogP contribution in [0.5, 0.6) is 0 Å². The van der Waals surface area contributed by atoms with Crippen LogP contribution >= 0.6 is 0 Å². The average molecular weight is 253 g/mol. The van der Waals surface area contributed by atoms with Gasteiger partial charge in [0.05, 0.1) is 26.9 Å². The molecule has 0 saturated heterocycles. The molecule has 0 aliphatic carbocycles. The van der Waals surface area contributed by atoms with Gasteiger partial charge in [0.15, 0.2) is 0 Å². The van der Waals surface area contributed by atoms with E-state index in [1.165, 1.54) is 7.11 Å². The Balaban J connectivity index is 2.50. The molecule has 0 aliphatic rings. The Labute approximate surface area is 107 Å². The van der Waals surface area contributed by atoms with Gasteiger partial charge in [-0.3, -0.25) is 5.32 Å². The quantitative estimate of drug-likeness (QED) is 0.521. The van der Waals surface area contributed by atoms with Crippen molar-refractivity contribution in [2.24, 2.45) is 0 Å². The highest BCUT2D eigenvalue weighted by Gasteiger charge is 2.19. The van der Waals surface area contributed by atoms with Gasteiger partial charge in [0.25, 0.3) is 0 Å². The first kappa shape index (κ1) is 14.6. The number of carbonyl (C=O) groups excluding carboxylic acids is 1. The lowest BCUT2D eigenvalue weighted by Gasteiger charge is -2.16. The van der Waals surface area contributed by atoms with Crippen LogP contribution in [0.2, 0.25) is 0 Å². The van der Waals surface area contributed by atoms with Crippen LogP contribution in [0.25, 0.3) is 0 Å². The van der Waals surface area contributed by atoms with E-state index < -0.39 is 6.04 Å². The van der Waals surface area contributed by atoms with Gasteiger partial charge in [-0.1, -0.05) is 30.3 Å². The number of aliphatic hydroxyl groups excluding tert-OH is 1. The van der Waals surface area contributed by atoms with Gasteiger partial charge in [-0.25, -0.2) is 4.79 Å². The molecule has 0 bridgehead atoms. The predicted octanol–water partition coefficient (Wildman–Crippen LogP) is 0.499. The lowest BCUT2D eigenvalue weighted by molar-refractivity contribution is -0.143. The van der Waals surface area contributed by atoms with Crippen molar-refractivity contribution in [2.45, 2.75) is 6.04 Å². The Morgan fingerprint density at radius 3 is 2.67 bits per heavy atom. The Morgan fingerprint density at radius 1 is 1.33 bits per heavy atom. The maximum absolute atomic E-state index is 11.7. The van der Waals surface area contributed by atoms with Gasteiger partial charge in [0, 0.05) is 6.54 Å². The second-order valence-electron chi connectivity index (χ2n) is 3.66. The lowest BCUT2D eigenvalue weighted by Crippen LogP contribution is -2.32. The summed E-state index contributed by atoms with van der Waals surface area (Å²) in [5.74, 6) is -0.330. The minimum atomic E-state index is -0.492. The minimum Gasteiger partial charge on any atom is -0.468 e. The fourth-order valence-corrected chi connectivity index (χ4v) is 1.54. The zero-order valence-corrected chi connectivity index (χ0v) is 10.5. The van der Waals surface area contributed by atoms with Gasteiger partial charge < -0.3 is 14.6 Å². The SMILES string of the molecule is COC(=O)C(NCCOCCO)c1ccccc1. The summed E-state index contributed by atoms with van der Waals surface area (Å²) in [6, 6.07) is 8.87. The number of nitrogens with one attached hydrogen (secondary N) is 1. The van der Waals surface area contributed by atoms with E-state index in [9.17, 15) is 4.79 Å². The Bertz CT molecular complexity index is 342. The highest BCUT2D eigenvalue weighted by atomic mass is 16.5. The molecule has 0 saturated carbocycles.